The van der Waals surface area contributed by atoms with Crippen LogP contribution in [0.25, 0.3) is 0 Å². The Labute approximate surface area is 177 Å². The van der Waals surface area contributed by atoms with Crippen molar-refractivity contribution in [2.75, 3.05) is 32.1 Å². The first-order valence-corrected chi connectivity index (χ1v) is 10.4. The zero-order chi connectivity index (χ0) is 21.7. The third-order valence-electron chi connectivity index (χ3n) is 5.40. The summed E-state index contributed by atoms with van der Waals surface area (Å²) in [6.07, 6.45) is 4.22. The molecule has 3 rings (SSSR count). The van der Waals surface area contributed by atoms with Gasteiger partial charge in [-0.1, -0.05) is 12.1 Å². The lowest BCUT2D eigenvalue weighted by Gasteiger charge is -2.17. The molecule has 0 saturated carbocycles. The Bertz CT molecular complexity index is 944. The zero-order valence-electron chi connectivity index (χ0n) is 17.9. The molecule has 1 aromatic heterocycles. The topological polar surface area (TPSA) is 74.7 Å². The Kier molecular flexibility index (Phi) is 6.92. The summed E-state index contributed by atoms with van der Waals surface area (Å²) in [6.45, 7) is 3.35. The van der Waals surface area contributed by atoms with E-state index >= 15 is 0 Å². The number of hydrogen-bond acceptors (Lipinski definition) is 4. The van der Waals surface area contributed by atoms with Crippen LogP contribution in [-0.2, 0) is 17.8 Å². The fraction of sp³-hybridized carbons (Fsp3) is 0.435. The van der Waals surface area contributed by atoms with E-state index in [1.807, 2.05) is 50.2 Å². The van der Waals surface area contributed by atoms with Crippen LogP contribution >= 0.6 is 0 Å². The second-order valence-corrected chi connectivity index (χ2v) is 8.08. The quantitative estimate of drug-likeness (QED) is 0.757. The van der Waals surface area contributed by atoms with E-state index in [-0.39, 0.29) is 24.1 Å². The molecule has 7 heteroatoms. The number of hydrogen-bond donors (Lipinski definition) is 1. The average Bonchev–Trinajstić information content (AvgIpc) is 3.24. The van der Waals surface area contributed by atoms with E-state index in [1.165, 1.54) is 10.6 Å². The van der Waals surface area contributed by atoms with Gasteiger partial charge in [-0.25, -0.2) is 0 Å². The molecule has 2 amide bonds. The van der Waals surface area contributed by atoms with E-state index in [9.17, 15) is 14.4 Å². The van der Waals surface area contributed by atoms with Crippen LogP contribution in [0.4, 0.5) is 5.69 Å². The van der Waals surface area contributed by atoms with Crippen molar-refractivity contribution >= 4 is 17.5 Å². The molecule has 0 bridgehead atoms. The first-order valence-electron chi connectivity index (χ1n) is 10.4. The van der Waals surface area contributed by atoms with Crippen molar-refractivity contribution in [3.05, 3.63) is 64.1 Å². The molecule has 30 heavy (non-hydrogen) atoms. The standard InChI is InChI=1S/C23H30N4O3/c1-17(15-18-8-10-19(11-9-18)25(2)3)24-22(29)20-7-6-14-27(23(20)30)16-21(28)26-12-4-5-13-26/h6-11,14,17H,4-5,12-13,15-16H2,1-3H3,(H,24,29)/t17-/m0/s1. The van der Waals surface area contributed by atoms with E-state index in [0.717, 1.165) is 37.2 Å². The lowest BCUT2D eigenvalue weighted by molar-refractivity contribution is -0.130. The molecule has 1 saturated heterocycles. The molecule has 2 heterocycles. The van der Waals surface area contributed by atoms with Gasteiger partial charge in [0, 0.05) is 45.1 Å². The van der Waals surface area contributed by atoms with Crippen LogP contribution in [0, 0.1) is 0 Å². The highest BCUT2D eigenvalue weighted by atomic mass is 16.2. The largest absolute Gasteiger partial charge is 0.378 e. The van der Waals surface area contributed by atoms with Crippen molar-refractivity contribution in [1.29, 1.82) is 0 Å². The average molecular weight is 411 g/mol. The molecule has 1 aromatic carbocycles. The van der Waals surface area contributed by atoms with Crippen LogP contribution < -0.4 is 15.8 Å². The molecule has 0 aliphatic carbocycles. The van der Waals surface area contributed by atoms with E-state index in [2.05, 4.69) is 5.32 Å². The molecule has 1 atom stereocenters. The number of nitrogens with one attached hydrogen (secondary N) is 1. The SMILES string of the molecule is C[C@@H](Cc1ccc(N(C)C)cc1)NC(=O)c1cccn(CC(=O)N2CCCC2)c1=O. The van der Waals surface area contributed by atoms with Gasteiger partial charge >= 0.3 is 0 Å². The highest BCUT2D eigenvalue weighted by Gasteiger charge is 2.20. The van der Waals surface area contributed by atoms with Crippen molar-refractivity contribution < 1.29 is 9.59 Å². The number of nitrogens with zero attached hydrogens (tertiary/aromatic N) is 3. The van der Waals surface area contributed by atoms with Crippen molar-refractivity contribution in [3.8, 4) is 0 Å². The third-order valence-corrected chi connectivity index (χ3v) is 5.40. The maximum absolute atomic E-state index is 12.7. The summed E-state index contributed by atoms with van der Waals surface area (Å²) < 4.78 is 1.32. The van der Waals surface area contributed by atoms with E-state index in [1.54, 1.807) is 17.2 Å². The Morgan fingerprint density at radius 2 is 1.77 bits per heavy atom. The molecule has 7 nitrogen and oxygen atoms in total. The van der Waals surface area contributed by atoms with Crippen molar-refractivity contribution in [3.63, 3.8) is 0 Å². The van der Waals surface area contributed by atoms with Crippen molar-refractivity contribution in [2.45, 2.75) is 38.8 Å². The van der Waals surface area contributed by atoms with Gasteiger partial charge in [0.05, 0.1) is 0 Å². The first-order chi connectivity index (χ1) is 14.3. The van der Waals surface area contributed by atoms with Crippen molar-refractivity contribution in [1.82, 2.24) is 14.8 Å². The minimum absolute atomic E-state index is 0.0340. The number of carbonyl (C=O) groups is 2. The Hall–Kier alpha value is -3.09. The van der Waals surface area contributed by atoms with Crippen molar-refractivity contribution in [2.24, 2.45) is 0 Å². The summed E-state index contributed by atoms with van der Waals surface area (Å²) in [4.78, 5) is 41.6. The molecule has 1 N–H and O–H groups in total. The van der Waals surface area contributed by atoms with E-state index in [4.69, 9.17) is 0 Å². The maximum Gasteiger partial charge on any atom is 0.263 e. The number of anilines is 1. The summed E-state index contributed by atoms with van der Waals surface area (Å²) in [5, 5.41) is 2.90. The molecule has 1 aliphatic heterocycles. The third kappa shape index (κ3) is 5.28. The fourth-order valence-corrected chi connectivity index (χ4v) is 3.68. The second kappa shape index (κ2) is 9.61. The van der Waals surface area contributed by atoms with Crippen LogP contribution in [0.3, 0.4) is 0 Å². The van der Waals surface area contributed by atoms with Gasteiger partial charge in [0.15, 0.2) is 0 Å². The Morgan fingerprint density at radius 1 is 1.10 bits per heavy atom. The highest BCUT2D eigenvalue weighted by molar-refractivity contribution is 5.94. The normalized spacial score (nSPS) is 14.4. The molecular weight excluding hydrogens is 380 g/mol. The molecule has 1 fully saturated rings. The first kappa shape index (κ1) is 21.6. The highest BCUT2D eigenvalue weighted by Crippen LogP contribution is 2.13. The van der Waals surface area contributed by atoms with Crippen LogP contribution in [0.15, 0.2) is 47.4 Å². The monoisotopic (exact) mass is 410 g/mol. The van der Waals surface area contributed by atoms with Gasteiger partial charge in [-0.3, -0.25) is 14.4 Å². The number of likely N-dealkylation sites (tertiary alicyclic amines) is 1. The van der Waals surface area contributed by atoms with Gasteiger partial charge < -0.3 is 19.7 Å². The zero-order valence-corrected chi connectivity index (χ0v) is 17.9. The molecule has 0 radical (unpaired) electrons. The number of benzene rings is 1. The van der Waals surface area contributed by atoms with Gasteiger partial charge in [-0.2, -0.15) is 0 Å². The summed E-state index contributed by atoms with van der Waals surface area (Å²) in [5.41, 5.74) is 1.84. The molecule has 2 aromatic rings. The van der Waals surface area contributed by atoms with E-state index in [0.29, 0.717) is 6.42 Å². The number of aromatic nitrogens is 1. The summed E-state index contributed by atoms with van der Waals surface area (Å²) >= 11 is 0. The summed E-state index contributed by atoms with van der Waals surface area (Å²) in [7, 11) is 3.98. The number of pyridine rings is 1. The van der Waals surface area contributed by atoms with Crippen LogP contribution in [0.2, 0.25) is 0 Å². The maximum atomic E-state index is 12.7. The molecule has 0 spiro atoms. The van der Waals surface area contributed by atoms with E-state index < -0.39 is 11.5 Å². The van der Waals surface area contributed by atoms with Gasteiger partial charge in [0.2, 0.25) is 5.91 Å². The predicted octanol–water partition coefficient (Wildman–Crippen LogP) is 1.90. The smallest absolute Gasteiger partial charge is 0.263 e. The molecule has 0 unspecified atom stereocenters. The van der Waals surface area contributed by atoms with Crippen LogP contribution in [0.1, 0.15) is 35.7 Å². The predicted molar refractivity (Wildman–Crippen MR) is 118 cm³/mol. The van der Waals surface area contributed by atoms with Crippen LogP contribution in [-0.4, -0.2) is 54.5 Å². The minimum atomic E-state index is -0.440. The van der Waals surface area contributed by atoms with Gasteiger partial charge in [-0.05, 0) is 56.0 Å². The summed E-state index contributed by atoms with van der Waals surface area (Å²) in [6, 6.07) is 11.2. The second-order valence-electron chi connectivity index (χ2n) is 8.08. The fourth-order valence-electron chi connectivity index (χ4n) is 3.68. The number of rotatable bonds is 7. The van der Waals surface area contributed by atoms with Gasteiger partial charge in [0.25, 0.3) is 11.5 Å². The van der Waals surface area contributed by atoms with Gasteiger partial charge in [0.1, 0.15) is 12.1 Å². The minimum Gasteiger partial charge on any atom is -0.378 e. The summed E-state index contributed by atoms with van der Waals surface area (Å²) in [5.74, 6) is -0.498. The van der Waals surface area contributed by atoms with Gasteiger partial charge in [-0.15, -0.1) is 0 Å². The lowest BCUT2D eigenvalue weighted by atomic mass is 10.1. The molecule has 1 aliphatic rings. The molecule has 160 valence electrons. The Morgan fingerprint density at radius 3 is 2.40 bits per heavy atom. The molecular formula is C23H30N4O3. The van der Waals surface area contributed by atoms with Crippen LogP contribution in [0.5, 0.6) is 0 Å². The lowest BCUT2D eigenvalue weighted by Crippen LogP contribution is -2.40. The number of amides is 2. The number of carbonyl (C=O) groups excluding carboxylic acids is 2. The Balaban J connectivity index is 1.63.